The van der Waals surface area contributed by atoms with Crippen LogP contribution < -0.4 is 0 Å². The van der Waals surface area contributed by atoms with Gasteiger partial charge in [-0.3, -0.25) is 0 Å². The minimum Gasteiger partial charge on any atom is -0.347 e. The van der Waals surface area contributed by atoms with Crippen molar-refractivity contribution in [1.82, 2.24) is 4.57 Å². The van der Waals surface area contributed by atoms with Gasteiger partial charge in [0.2, 0.25) is 0 Å². The molecule has 0 bridgehead atoms. The number of fused-ring (bicyclic) bond motifs is 1. The van der Waals surface area contributed by atoms with E-state index >= 15 is 0 Å². The maximum absolute atomic E-state index is 9.10. The number of aryl methyl sites for hydroxylation is 2. The maximum atomic E-state index is 9.10. The third-order valence-electron chi connectivity index (χ3n) is 4.08. The summed E-state index contributed by atoms with van der Waals surface area (Å²) in [4.78, 5) is 0. The lowest BCUT2D eigenvalue weighted by atomic mass is 10.1. The van der Waals surface area contributed by atoms with E-state index in [1.165, 1.54) is 0 Å². The van der Waals surface area contributed by atoms with Crippen LogP contribution >= 0.6 is 34.8 Å². The van der Waals surface area contributed by atoms with E-state index in [0.717, 1.165) is 27.7 Å². The average Bonchev–Trinajstić information content (AvgIpc) is 2.85. The molecule has 3 rings (SSSR count). The Morgan fingerprint density at radius 1 is 1.09 bits per heavy atom. The first-order valence-corrected chi connectivity index (χ1v) is 8.17. The van der Waals surface area contributed by atoms with Crippen molar-refractivity contribution in [2.45, 2.75) is 13.3 Å². The Labute approximate surface area is 149 Å². The molecule has 0 saturated carbocycles. The maximum Gasteiger partial charge on any atom is 0.0992 e. The summed E-state index contributed by atoms with van der Waals surface area (Å²) in [5, 5.41) is 11.9. The predicted molar refractivity (Wildman–Crippen MR) is 96.6 cm³/mol. The molecule has 0 aliphatic heterocycles. The van der Waals surface area contributed by atoms with E-state index in [1.807, 2.05) is 42.8 Å². The van der Waals surface area contributed by atoms with Gasteiger partial charge < -0.3 is 4.57 Å². The highest BCUT2D eigenvalue weighted by atomic mass is 35.5. The van der Waals surface area contributed by atoms with Crippen LogP contribution in [-0.4, -0.2) is 4.57 Å². The van der Waals surface area contributed by atoms with Gasteiger partial charge >= 0.3 is 0 Å². The number of nitrogens with zero attached hydrogens (tertiary/aromatic N) is 2. The van der Waals surface area contributed by atoms with Crippen LogP contribution in [0.3, 0.4) is 0 Å². The fraction of sp³-hybridized carbons (Fsp3) is 0.167. The highest BCUT2D eigenvalue weighted by Crippen LogP contribution is 2.33. The monoisotopic (exact) mass is 362 g/mol. The van der Waals surface area contributed by atoms with E-state index < -0.39 is 0 Å². The summed E-state index contributed by atoms with van der Waals surface area (Å²) >= 11 is 19.0. The van der Waals surface area contributed by atoms with E-state index in [2.05, 4.69) is 6.07 Å². The number of nitriles is 1. The summed E-state index contributed by atoms with van der Waals surface area (Å²) in [6.07, 6.45) is 0.600. The Morgan fingerprint density at radius 3 is 2.52 bits per heavy atom. The molecule has 0 atom stereocenters. The van der Waals surface area contributed by atoms with Crippen LogP contribution in [0, 0.1) is 18.3 Å². The van der Waals surface area contributed by atoms with Crippen LogP contribution in [0.2, 0.25) is 15.1 Å². The van der Waals surface area contributed by atoms with E-state index in [0.29, 0.717) is 27.1 Å². The van der Waals surface area contributed by atoms with Gasteiger partial charge in [0.1, 0.15) is 0 Å². The predicted octanol–water partition coefficient (Wildman–Crippen LogP) is 5.91. The highest BCUT2D eigenvalue weighted by molar-refractivity contribution is 6.36. The zero-order valence-corrected chi connectivity index (χ0v) is 14.9. The molecular formula is C18H13Cl3N2. The zero-order chi connectivity index (χ0) is 16.7. The van der Waals surface area contributed by atoms with Crippen LogP contribution in [0.1, 0.15) is 22.4 Å². The lowest BCUT2D eigenvalue weighted by Crippen LogP contribution is -1.99. The van der Waals surface area contributed by atoms with E-state index in [4.69, 9.17) is 40.1 Å². The fourth-order valence-electron chi connectivity index (χ4n) is 2.73. The van der Waals surface area contributed by atoms with Crippen molar-refractivity contribution < 1.29 is 0 Å². The Morgan fingerprint density at radius 2 is 1.83 bits per heavy atom. The number of benzene rings is 2. The molecule has 0 radical (unpaired) electrons. The molecule has 2 aromatic carbocycles. The number of hydrogen-bond donors (Lipinski definition) is 0. The smallest absolute Gasteiger partial charge is 0.0992 e. The summed E-state index contributed by atoms with van der Waals surface area (Å²) in [5.74, 6) is 0. The number of aromatic nitrogens is 1. The topological polar surface area (TPSA) is 28.7 Å². The van der Waals surface area contributed by atoms with Gasteiger partial charge in [-0.2, -0.15) is 5.26 Å². The lowest BCUT2D eigenvalue weighted by molar-refractivity contribution is 0.880. The van der Waals surface area contributed by atoms with Crippen molar-refractivity contribution in [3.05, 3.63) is 67.8 Å². The van der Waals surface area contributed by atoms with Gasteiger partial charge in [0.15, 0.2) is 0 Å². The minimum atomic E-state index is 0.543. The van der Waals surface area contributed by atoms with E-state index in [1.54, 1.807) is 6.07 Å². The molecule has 0 amide bonds. The zero-order valence-electron chi connectivity index (χ0n) is 12.6. The van der Waals surface area contributed by atoms with Crippen molar-refractivity contribution in [1.29, 1.82) is 5.26 Å². The normalized spacial score (nSPS) is 11.0. The molecule has 2 nitrogen and oxygen atoms in total. The molecule has 0 aliphatic carbocycles. The summed E-state index contributed by atoms with van der Waals surface area (Å²) in [7, 11) is 1.95. The molecule has 0 fully saturated rings. The number of rotatable bonds is 2. The summed E-state index contributed by atoms with van der Waals surface area (Å²) in [6, 6.07) is 11.4. The molecule has 0 N–H and O–H groups in total. The van der Waals surface area contributed by atoms with E-state index in [-0.39, 0.29) is 0 Å². The standard InChI is InChI=1S/C18H13Cl3N2/c1-10-3-4-15(19)14(18(10)21)8-12-7-13-16(20)5-11(9-22)6-17(13)23(12)2/h3-7H,8H2,1-2H3. The Hall–Kier alpha value is -1.66. The third kappa shape index (κ3) is 2.81. The second kappa shape index (κ2) is 6.09. The number of hydrogen-bond acceptors (Lipinski definition) is 1. The Bertz CT molecular complexity index is 965. The first-order chi connectivity index (χ1) is 10.9. The molecule has 23 heavy (non-hydrogen) atoms. The van der Waals surface area contributed by atoms with Crippen molar-refractivity contribution in [2.24, 2.45) is 7.05 Å². The van der Waals surface area contributed by atoms with Gasteiger partial charge in [0.05, 0.1) is 22.2 Å². The summed E-state index contributed by atoms with van der Waals surface area (Å²) in [5.41, 5.74) is 4.39. The fourth-order valence-corrected chi connectivity index (χ4v) is 3.51. The molecule has 1 aromatic heterocycles. The van der Waals surface area contributed by atoms with Crippen LogP contribution in [0.15, 0.2) is 30.3 Å². The Balaban J connectivity index is 2.16. The summed E-state index contributed by atoms with van der Waals surface area (Å²) in [6.45, 7) is 1.96. The lowest BCUT2D eigenvalue weighted by Gasteiger charge is -2.10. The van der Waals surface area contributed by atoms with Gasteiger partial charge in [0.25, 0.3) is 0 Å². The molecule has 3 aromatic rings. The second-order valence-corrected chi connectivity index (χ2v) is 6.72. The van der Waals surface area contributed by atoms with Crippen molar-refractivity contribution in [3.8, 4) is 6.07 Å². The van der Waals surface area contributed by atoms with Crippen LogP contribution in [0.5, 0.6) is 0 Å². The molecule has 5 heteroatoms. The van der Waals surface area contributed by atoms with Gasteiger partial charge in [-0.05, 0) is 42.3 Å². The quantitative estimate of drug-likeness (QED) is 0.556. The van der Waals surface area contributed by atoms with Gasteiger partial charge in [-0.15, -0.1) is 0 Å². The van der Waals surface area contributed by atoms with Gasteiger partial charge in [0, 0.05) is 34.6 Å². The van der Waals surface area contributed by atoms with E-state index in [9.17, 15) is 0 Å². The molecule has 0 saturated heterocycles. The van der Waals surface area contributed by atoms with Gasteiger partial charge in [-0.25, -0.2) is 0 Å². The molecule has 0 unspecified atom stereocenters. The molecule has 0 spiro atoms. The molecule has 116 valence electrons. The first-order valence-electron chi connectivity index (χ1n) is 7.03. The van der Waals surface area contributed by atoms with Crippen LogP contribution in [0.4, 0.5) is 0 Å². The SMILES string of the molecule is Cc1ccc(Cl)c(Cc2cc3c(Cl)cc(C#N)cc3n2C)c1Cl. The minimum absolute atomic E-state index is 0.543. The van der Waals surface area contributed by atoms with Crippen LogP contribution in [-0.2, 0) is 13.5 Å². The largest absolute Gasteiger partial charge is 0.347 e. The average molecular weight is 364 g/mol. The second-order valence-electron chi connectivity index (χ2n) is 5.53. The Kier molecular flexibility index (Phi) is 4.29. The van der Waals surface area contributed by atoms with Crippen molar-refractivity contribution >= 4 is 45.7 Å². The first kappa shape index (κ1) is 16.2. The molecular weight excluding hydrogens is 351 g/mol. The van der Waals surface area contributed by atoms with Gasteiger partial charge in [-0.1, -0.05) is 40.9 Å². The third-order valence-corrected chi connectivity index (χ3v) is 5.27. The molecule has 0 aliphatic rings. The van der Waals surface area contributed by atoms with Crippen molar-refractivity contribution in [2.75, 3.05) is 0 Å². The number of halogens is 3. The van der Waals surface area contributed by atoms with Crippen LogP contribution in [0.25, 0.3) is 10.9 Å². The molecule has 1 heterocycles. The highest BCUT2D eigenvalue weighted by Gasteiger charge is 2.15. The summed E-state index contributed by atoms with van der Waals surface area (Å²) < 4.78 is 2.02. The van der Waals surface area contributed by atoms with Crippen molar-refractivity contribution in [3.63, 3.8) is 0 Å².